The van der Waals surface area contributed by atoms with Crippen LogP contribution in [0, 0.1) is 0 Å². The second-order valence-electron chi connectivity index (χ2n) is 9.51. The Kier molecular flexibility index (Phi) is 6.89. The number of ether oxygens (including phenoxy) is 2. The van der Waals surface area contributed by atoms with Crippen molar-refractivity contribution >= 4 is 0 Å². The smallest absolute Gasteiger partial charge is 0.416 e. The number of rotatable bonds is 7. The van der Waals surface area contributed by atoms with Gasteiger partial charge in [0, 0.05) is 30.6 Å². The van der Waals surface area contributed by atoms with Gasteiger partial charge in [0.05, 0.1) is 5.56 Å². The zero-order valence-electron chi connectivity index (χ0n) is 19.7. The summed E-state index contributed by atoms with van der Waals surface area (Å²) in [6, 6.07) is 21.5. The Balaban J connectivity index is 1.45. The van der Waals surface area contributed by atoms with Crippen molar-refractivity contribution in [3.63, 3.8) is 0 Å². The summed E-state index contributed by atoms with van der Waals surface area (Å²) >= 11 is 0. The lowest BCUT2D eigenvalue weighted by Crippen LogP contribution is -2.35. The quantitative estimate of drug-likeness (QED) is 0.375. The molecule has 3 nitrogen and oxygen atoms in total. The highest BCUT2D eigenvalue weighted by Gasteiger charge is 2.36. The van der Waals surface area contributed by atoms with Crippen LogP contribution >= 0.6 is 0 Å². The first-order valence-corrected chi connectivity index (χ1v) is 11.5. The van der Waals surface area contributed by atoms with Crippen LogP contribution in [-0.4, -0.2) is 30.7 Å². The molecule has 0 radical (unpaired) electrons. The first kappa shape index (κ1) is 24.1. The summed E-state index contributed by atoms with van der Waals surface area (Å²) < 4.78 is 51.2. The van der Waals surface area contributed by atoms with Crippen molar-refractivity contribution in [2.75, 3.05) is 20.2 Å². The first-order valence-electron chi connectivity index (χ1n) is 11.5. The molecule has 4 rings (SSSR count). The SMILES string of the molecule is CN(CCOc1ccc2c(c1)OC(C)(C)CC2c1ccc(C(F)(F)F)cc1)Cc1ccccc1. The van der Waals surface area contributed by atoms with Crippen molar-refractivity contribution < 1.29 is 22.6 Å². The largest absolute Gasteiger partial charge is 0.492 e. The molecular formula is C28H30F3NO2. The summed E-state index contributed by atoms with van der Waals surface area (Å²) in [4.78, 5) is 2.20. The van der Waals surface area contributed by atoms with E-state index in [1.54, 1.807) is 12.1 Å². The zero-order chi connectivity index (χ0) is 24.3. The molecule has 1 aliphatic heterocycles. The fourth-order valence-electron chi connectivity index (χ4n) is 4.42. The number of hydrogen-bond donors (Lipinski definition) is 0. The molecule has 1 aliphatic rings. The van der Waals surface area contributed by atoms with E-state index in [0.717, 1.165) is 47.8 Å². The van der Waals surface area contributed by atoms with Gasteiger partial charge >= 0.3 is 6.18 Å². The monoisotopic (exact) mass is 469 g/mol. The molecular weight excluding hydrogens is 439 g/mol. The Labute approximate surface area is 199 Å². The van der Waals surface area contributed by atoms with Gasteiger partial charge in [-0.25, -0.2) is 0 Å². The lowest BCUT2D eigenvalue weighted by Gasteiger charge is -2.38. The van der Waals surface area contributed by atoms with Crippen LogP contribution in [0.5, 0.6) is 11.5 Å². The number of nitrogens with zero attached hydrogens (tertiary/aromatic N) is 1. The Morgan fingerprint density at radius 1 is 1.00 bits per heavy atom. The molecule has 0 N–H and O–H groups in total. The van der Waals surface area contributed by atoms with Gasteiger partial charge in [0.25, 0.3) is 0 Å². The van der Waals surface area contributed by atoms with E-state index in [-0.39, 0.29) is 5.92 Å². The van der Waals surface area contributed by atoms with E-state index in [1.165, 1.54) is 5.56 Å². The van der Waals surface area contributed by atoms with Crippen molar-refractivity contribution in [2.24, 2.45) is 0 Å². The third-order valence-electron chi connectivity index (χ3n) is 6.12. The van der Waals surface area contributed by atoms with Crippen LogP contribution in [0.2, 0.25) is 0 Å². The highest BCUT2D eigenvalue weighted by Crippen LogP contribution is 2.45. The molecule has 6 heteroatoms. The second kappa shape index (κ2) is 9.71. The van der Waals surface area contributed by atoms with E-state index < -0.39 is 17.3 Å². The molecule has 0 saturated carbocycles. The lowest BCUT2D eigenvalue weighted by atomic mass is 9.80. The average Bonchev–Trinajstić information content (AvgIpc) is 2.78. The molecule has 0 aromatic heterocycles. The minimum atomic E-state index is -4.34. The Bertz CT molecular complexity index is 1090. The van der Waals surface area contributed by atoms with Crippen LogP contribution in [0.4, 0.5) is 13.2 Å². The minimum Gasteiger partial charge on any atom is -0.492 e. The molecule has 0 bridgehead atoms. The Morgan fingerprint density at radius 3 is 2.38 bits per heavy atom. The first-order chi connectivity index (χ1) is 16.1. The van der Waals surface area contributed by atoms with Crippen molar-refractivity contribution in [3.8, 4) is 11.5 Å². The standard InChI is InChI=1S/C28H30F3NO2/c1-27(2)18-25(21-9-11-22(12-10-21)28(29,30)31)24-14-13-23(17-26(24)34-27)33-16-15-32(3)19-20-7-5-4-6-8-20/h4-14,17,25H,15-16,18-19H2,1-3H3. The second-order valence-corrected chi connectivity index (χ2v) is 9.51. The van der Waals surface area contributed by atoms with Gasteiger partial charge in [-0.3, -0.25) is 4.90 Å². The minimum absolute atomic E-state index is 0.0490. The van der Waals surface area contributed by atoms with Gasteiger partial charge in [0.2, 0.25) is 0 Å². The maximum atomic E-state index is 13.0. The topological polar surface area (TPSA) is 21.7 Å². The van der Waals surface area contributed by atoms with Gasteiger partial charge in [0.1, 0.15) is 23.7 Å². The molecule has 0 amide bonds. The van der Waals surface area contributed by atoms with Crippen molar-refractivity contribution in [1.82, 2.24) is 4.90 Å². The molecule has 34 heavy (non-hydrogen) atoms. The van der Waals surface area contributed by atoms with E-state index in [0.29, 0.717) is 13.0 Å². The molecule has 1 atom stereocenters. The predicted octanol–water partition coefficient (Wildman–Crippen LogP) is 6.91. The van der Waals surface area contributed by atoms with E-state index in [2.05, 4.69) is 24.1 Å². The number of alkyl halides is 3. The fourth-order valence-corrected chi connectivity index (χ4v) is 4.42. The van der Waals surface area contributed by atoms with Crippen molar-refractivity contribution in [1.29, 1.82) is 0 Å². The van der Waals surface area contributed by atoms with Crippen molar-refractivity contribution in [3.05, 3.63) is 95.1 Å². The highest BCUT2D eigenvalue weighted by atomic mass is 19.4. The summed E-state index contributed by atoms with van der Waals surface area (Å²) in [6.07, 6.45) is -3.66. The number of likely N-dealkylation sites (N-methyl/N-ethyl adjacent to an activating group) is 1. The van der Waals surface area contributed by atoms with Gasteiger partial charge in [-0.2, -0.15) is 13.2 Å². The lowest BCUT2D eigenvalue weighted by molar-refractivity contribution is -0.137. The summed E-state index contributed by atoms with van der Waals surface area (Å²) in [5.41, 5.74) is 1.98. The average molecular weight is 470 g/mol. The number of halogens is 3. The van der Waals surface area contributed by atoms with E-state index in [1.807, 2.05) is 50.2 Å². The van der Waals surface area contributed by atoms with Crippen LogP contribution < -0.4 is 9.47 Å². The molecule has 0 aliphatic carbocycles. The van der Waals surface area contributed by atoms with Crippen LogP contribution in [0.25, 0.3) is 0 Å². The normalized spacial score (nSPS) is 17.2. The van der Waals surface area contributed by atoms with Crippen molar-refractivity contribution in [2.45, 2.75) is 44.5 Å². The third kappa shape index (κ3) is 5.92. The summed E-state index contributed by atoms with van der Waals surface area (Å²) in [5, 5.41) is 0. The molecule has 3 aromatic rings. The maximum Gasteiger partial charge on any atom is 0.416 e. The Morgan fingerprint density at radius 2 is 1.71 bits per heavy atom. The molecule has 1 unspecified atom stereocenters. The number of benzene rings is 3. The van der Waals surface area contributed by atoms with Crippen LogP contribution in [0.15, 0.2) is 72.8 Å². The number of hydrogen-bond acceptors (Lipinski definition) is 3. The maximum absolute atomic E-state index is 13.0. The van der Waals surface area contributed by atoms with Gasteiger partial charge in [0.15, 0.2) is 0 Å². The third-order valence-corrected chi connectivity index (χ3v) is 6.12. The van der Waals surface area contributed by atoms with Crippen LogP contribution in [-0.2, 0) is 12.7 Å². The van der Waals surface area contributed by atoms with Gasteiger partial charge in [-0.15, -0.1) is 0 Å². The summed E-state index contributed by atoms with van der Waals surface area (Å²) in [7, 11) is 2.06. The summed E-state index contributed by atoms with van der Waals surface area (Å²) in [6.45, 7) is 6.15. The molecule has 0 spiro atoms. The van der Waals surface area contributed by atoms with E-state index >= 15 is 0 Å². The van der Waals surface area contributed by atoms with Crippen LogP contribution in [0.1, 0.15) is 48.4 Å². The fraction of sp³-hybridized carbons (Fsp3) is 0.357. The molecule has 1 heterocycles. The molecule has 180 valence electrons. The zero-order valence-corrected chi connectivity index (χ0v) is 19.7. The number of fused-ring (bicyclic) bond motifs is 1. The van der Waals surface area contributed by atoms with E-state index in [4.69, 9.17) is 9.47 Å². The predicted molar refractivity (Wildman–Crippen MR) is 127 cm³/mol. The van der Waals surface area contributed by atoms with Gasteiger partial charge < -0.3 is 9.47 Å². The highest BCUT2D eigenvalue weighted by molar-refractivity contribution is 5.49. The Hall–Kier alpha value is -2.99. The molecule has 0 saturated heterocycles. The molecule has 3 aromatic carbocycles. The summed E-state index contributed by atoms with van der Waals surface area (Å²) in [5.74, 6) is 1.39. The van der Waals surface area contributed by atoms with E-state index in [9.17, 15) is 13.2 Å². The van der Waals surface area contributed by atoms with Crippen LogP contribution in [0.3, 0.4) is 0 Å². The molecule has 0 fully saturated rings. The van der Waals surface area contributed by atoms with Gasteiger partial charge in [-0.05, 0) is 56.6 Å². The van der Waals surface area contributed by atoms with Gasteiger partial charge in [-0.1, -0.05) is 48.5 Å².